The Balaban J connectivity index is 3.48. The van der Waals surface area contributed by atoms with Crippen LogP contribution in [0.4, 0.5) is 0 Å². The molecule has 0 fully saturated rings. The molecule has 0 saturated heterocycles. The van der Waals surface area contributed by atoms with E-state index in [1.54, 1.807) is 0 Å². The maximum Gasteiger partial charge on any atom is 0.326 e. The molecule has 0 saturated carbocycles. The van der Waals surface area contributed by atoms with Gasteiger partial charge in [-0.1, -0.05) is 70.6 Å². The van der Waals surface area contributed by atoms with Crippen LogP contribution in [0.1, 0.15) is 103 Å². The van der Waals surface area contributed by atoms with Crippen molar-refractivity contribution in [2.24, 2.45) is 0 Å². The summed E-state index contributed by atoms with van der Waals surface area (Å²) in [5, 5.41) is 20.0. The number of carboxylic acids is 2. The Kier molecular flexibility index (Phi) is 17.0. The van der Waals surface area contributed by atoms with E-state index >= 15 is 0 Å². The van der Waals surface area contributed by atoms with Gasteiger partial charge in [0.1, 0.15) is 6.04 Å². The summed E-state index contributed by atoms with van der Waals surface area (Å²) in [5.41, 5.74) is 0. The highest BCUT2D eigenvalue weighted by molar-refractivity contribution is 7.85. The summed E-state index contributed by atoms with van der Waals surface area (Å²) in [5.74, 6) is -2.80. The number of unbranched alkanes of at least 4 members (excludes halogenated alkanes) is 12. The molecule has 0 rings (SSSR count). The first-order valence-corrected chi connectivity index (χ1v) is 12.9. The van der Waals surface area contributed by atoms with Crippen molar-refractivity contribution in [2.45, 2.75) is 109 Å². The van der Waals surface area contributed by atoms with Gasteiger partial charge in [-0.3, -0.25) is 14.1 Å². The van der Waals surface area contributed by atoms with Crippen LogP contribution in [0, 0.1) is 0 Å². The molecule has 1 atom stereocenters. The lowest BCUT2D eigenvalue weighted by atomic mass is 10.0. The molecule has 0 aliphatic rings. The third-order valence-electron chi connectivity index (χ3n) is 5.09. The minimum atomic E-state index is -3.82. The van der Waals surface area contributed by atoms with Gasteiger partial charge >= 0.3 is 11.9 Å². The molecule has 10 heteroatoms. The summed E-state index contributed by atoms with van der Waals surface area (Å²) >= 11 is 0. The predicted molar refractivity (Wildman–Crippen MR) is 117 cm³/mol. The number of hydrogen-bond acceptors (Lipinski definition) is 5. The average Bonchev–Trinajstić information content (AvgIpc) is 2.66. The van der Waals surface area contributed by atoms with E-state index in [4.69, 9.17) is 14.8 Å². The molecule has 0 aromatic carbocycles. The average molecular weight is 466 g/mol. The Labute approximate surface area is 185 Å². The maximum atomic E-state index is 11.8. The van der Waals surface area contributed by atoms with E-state index in [2.05, 4.69) is 5.32 Å². The van der Waals surface area contributed by atoms with Gasteiger partial charge < -0.3 is 15.5 Å². The molecular formula is C21H39NO8S. The fourth-order valence-electron chi connectivity index (χ4n) is 3.31. The summed E-state index contributed by atoms with van der Waals surface area (Å²) in [6, 6.07) is -1.15. The zero-order valence-corrected chi connectivity index (χ0v) is 19.2. The number of hydrogen-bond donors (Lipinski definition) is 4. The van der Waals surface area contributed by atoms with Gasteiger partial charge in [-0.2, -0.15) is 8.42 Å². The molecule has 0 radical (unpaired) electrons. The molecule has 31 heavy (non-hydrogen) atoms. The first-order valence-electron chi connectivity index (χ1n) is 11.3. The van der Waals surface area contributed by atoms with E-state index in [0.717, 1.165) is 51.4 Å². The summed E-state index contributed by atoms with van der Waals surface area (Å²) < 4.78 is 29.8. The van der Waals surface area contributed by atoms with Crippen LogP contribution >= 0.6 is 0 Å². The van der Waals surface area contributed by atoms with Crippen LogP contribution in [0.25, 0.3) is 0 Å². The molecule has 0 aliphatic carbocycles. The number of aliphatic carboxylic acids is 2. The van der Waals surface area contributed by atoms with E-state index in [1.165, 1.54) is 19.3 Å². The SMILES string of the molecule is O=C(O)CC[C@H](NC(=O)CCCCCCCCCCCCCCCS(=O)(=O)O)C(=O)O. The standard InChI is InChI=1S/C21H39NO8S/c23-19(22-18(21(26)27)15-16-20(24)25)14-12-10-8-6-4-2-1-3-5-7-9-11-13-17-31(28,29)30/h18H,1-17H2,(H,22,23)(H,24,25)(H,26,27)(H,28,29,30)/t18-/m0/s1. The van der Waals surface area contributed by atoms with E-state index < -0.39 is 28.1 Å². The van der Waals surface area contributed by atoms with Crippen LogP contribution in [0.3, 0.4) is 0 Å². The summed E-state index contributed by atoms with van der Waals surface area (Å²) in [4.78, 5) is 33.4. The van der Waals surface area contributed by atoms with Gasteiger partial charge in [-0.05, 0) is 19.3 Å². The normalized spacial score (nSPS) is 12.4. The minimum absolute atomic E-state index is 0.121. The zero-order chi connectivity index (χ0) is 23.5. The summed E-state index contributed by atoms with van der Waals surface area (Å²) in [6.07, 6.45) is 12.8. The van der Waals surface area contributed by atoms with Gasteiger partial charge in [-0.25, -0.2) is 4.79 Å². The van der Waals surface area contributed by atoms with Crippen LogP contribution < -0.4 is 5.32 Å². The smallest absolute Gasteiger partial charge is 0.326 e. The van der Waals surface area contributed by atoms with Crippen LogP contribution in [0.15, 0.2) is 0 Å². The molecule has 0 aliphatic heterocycles. The third-order valence-corrected chi connectivity index (χ3v) is 5.89. The zero-order valence-electron chi connectivity index (χ0n) is 18.4. The number of carbonyl (C=O) groups is 3. The highest BCUT2D eigenvalue weighted by Gasteiger charge is 2.20. The highest BCUT2D eigenvalue weighted by Crippen LogP contribution is 2.13. The van der Waals surface area contributed by atoms with Crippen molar-refractivity contribution < 1.29 is 37.6 Å². The second kappa shape index (κ2) is 17.9. The quantitative estimate of drug-likeness (QED) is 0.147. The largest absolute Gasteiger partial charge is 0.481 e. The maximum absolute atomic E-state index is 11.8. The van der Waals surface area contributed by atoms with Gasteiger partial charge in [0.05, 0.1) is 5.75 Å². The van der Waals surface area contributed by atoms with Gasteiger partial charge in [0.2, 0.25) is 5.91 Å². The van der Waals surface area contributed by atoms with Crippen molar-refractivity contribution >= 4 is 28.0 Å². The molecule has 182 valence electrons. The van der Waals surface area contributed by atoms with Crippen molar-refractivity contribution in [2.75, 3.05) is 5.75 Å². The van der Waals surface area contributed by atoms with Crippen molar-refractivity contribution in [1.82, 2.24) is 5.32 Å². The van der Waals surface area contributed by atoms with Crippen molar-refractivity contribution in [1.29, 1.82) is 0 Å². The number of amides is 1. The molecule has 0 aromatic heterocycles. The van der Waals surface area contributed by atoms with Crippen LogP contribution in [0.5, 0.6) is 0 Å². The molecule has 0 bridgehead atoms. The first kappa shape index (κ1) is 29.3. The van der Waals surface area contributed by atoms with Crippen molar-refractivity contribution in [3.63, 3.8) is 0 Å². The molecule has 1 amide bonds. The Morgan fingerprint density at radius 3 is 1.48 bits per heavy atom. The van der Waals surface area contributed by atoms with Gasteiger partial charge in [-0.15, -0.1) is 0 Å². The van der Waals surface area contributed by atoms with Crippen LogP contribution in [-0.4, -0.2) is 52.8 Å². The molecule has 4 N–H and O–H groups in total. The fourth-order valence-corrected chi connectivity index (χ4v) is 3.88. The fraction of sp³-hybridized carbons (Fsp3) is 0.857. The molecule has 0 heterocycles. The van der Waals surface area contributed by atoms with Gasteiger partial charge in [0, 0.05) is 12.8 Å². The number of nitrogens with one attached hydrogen (secondary N) is 1. The number of rotatable bonds is 21. The number of carbonyl (C=O) groups excluding carboxylic acids is 1. The van der Waals surface area contributed by atoms with Crippen molar-refractivity contribution in [3.05, 3.63) is 0 Å². The lowest BCUT2D eigenvalue weighted by Crippen LogP contribution is -2.41. The second-order valence-corrected chi connectivity index (χ2v) is 9.60. The number of carboxylic acid groups (broad SMARTS) is 2. The van der Waals surface area contributed by atoms with E-state index in [1.807, 2.05) is 0 Å². The topological polar surface area (TPSA) is 158 Å². The lowest BCUT2D eigenvalue weighted by Gasteiger charge is -2.13. The predicted octanol–water partition coefficient (Wildman–Crippen LogP) is 3.77. The van der Waals surface area contributed by atoms with E-state index in [0.29, 0.717) is 12.8 Å². The Morgan fingerprint density at radius 1 is 0.677 bits per heavy atom. The minimum Gasteiger partial charge on any atom is -0.481 e. The summed E-state index contributed by atoms with van der Waals surface area (Å²) in [6.45, 7) is 0. The monoisotopic (exact) mass is 465 g/mol. The van der Waals surface area contributed by atoms with Gasteiger partial charge in [0.15, 0.2) is 0 Å². The lowest BCUT2D eigenvalue weighted by molar-refractivity contribution is -0.143. The highest BCUT2D eigenvalue weighted by atomic mass is 32.2. The molecular weight excluding hydrogens is 426 g/mol. The van der Waals surface area contributed by atoms with E-state index in [-0.39, 0.29) is 30.9 Å². The Bertz CT molecular complexity index is 621. The first-order chi connectivity index (χ1) is 14.6. The second-order valence-electron chi connectivity index (χ2n) is 8.02. The van der Waals surface area contributed by atoms with Gasteiger partial charge in [0.25, 0.3) is 10.1 Å². The Hall–Kier alpha value is -1.68. The van der Waals surface area contributed by atoms with Crippen LogP contribution in [0.2, 0.25) is 0 Å². The van der Waals surface area contributed by atoms with Crippen LogP contribution in [-0.2, 0) is 24.5 Å². The molecule has 0 unspecified atom stereocenters. The molecule has 9 nitrogen and oxygen atoms in total. The Morgan fingerprint density at radius 2 is 1.10 bits per heavy atom. The van der Waals surface area contributed by atoms with Crippen molar-refractivity contribution in [3.8, 4) is 0 Å². The molecule has 0 aromatic rings. The summed E-state index contributed by atoms with van der Waals surface area (Å²) in [7, 11) is -3.82. The third kappa shape index (κ3) is 21.3. The molecule has 0 spiro atoms. The van der Waals surface area contributed by atoms with E-state index in [9.17, 15) is 22.8 Å².